The van der Waals surface area contributed by atoms with Gasteiger partial charge in [0.1, 0.15) is 11.6 Å². The summed E-state index contributed by atoms with van der Waals surface area (Å²) in [5, 5.41) is 8.44. The Bertz CT molecular complexity index is 1050. The standard InChI is InChI=1S/C22H23N3O5S/c1-3-29-15-9-8-12(10-16(15)28-2)18-17-19(26)13-6-4-5-7-14(13)30-20(17)21(27)25(18)22-24-23-11-31-22/h8-11,13-14,18H,3-7H2,1-2H3. The number of carbonyl (C=O) groups is 2. The molecule has 9 heteroatoms. The average molecular weight is 442 g/mol. The number of ether oxygens (including phenoxy) is 3. The number of anilines is 1. The molecule has 3 unspecified atom stereocenters. The van der Waals surface area contributed by atoms with E-state index >= 15 is 0 Å². The zero-order valence-corrected chi connectivity index (χ0v) is 18.2. The quantitative estimate of drug-likeness (QED) is 0.702. The van der Waals surface area contributed by atoms with Crippen LogP contribution in [0.4, 0.5) is 5.13 Å². The van der Waals surface area contributed by atoms with Crippen LogP contribution >= 0.6 is 11.3 Å². The van der Waals surface area contributed by atoms with Gasteiger partial charge in [0, 0.05) is 0 Å². The van der Waals surface area contributed by atoms with Gasteiger partial charge in [-0.3, -0.25) is 14.5 Å². The fourth-order valence-corrected chi connectivity index (χ4v) is 5.34. The fraction of sp³-hybridized carbons (Fsp3) is 0.455. The van der Waals surface area contributed by atoms with Gasteiger partial charge in [-0.05, 0) is 43.9 Å². The molecule has 1 fully saturated rings. The first-order chi connectivity index (χ1) is 15.1. The fourth-order valence-electron chi connectivity index (χ4n) is 4.76. The second-order valence-electron chi connectivity index (χ2n) is 7.80. The van der Waals surface area contributed by atoms with E-state index in [1.165, 1.54) is 16.2 Å². The third-order valence-electron chi connectivity index (χ3n) is 6.12. The minimum atomic E-state index is -0.643. The van der Waals surface area contributed by atoms with Crippen molar-refractivity contribution < 1.29 is 23.8 Å². The number of amides is 1. The van der Waals surface area contributed by atoms with Crippen molar-refractivity contribution in [3.8, 4) is 11.5 Å². The Morgan fingerprint density at radius 1 is 1.23 bits per heavy atom. The smallest absolute Gasteiger partial charge is 0.296 e. The van der Waals surface area contributed by atoms with Crippen molar-refractivity contribution >= 4 is 28.2 Å². The Balaban J connectivity index is 1.64. The number of methoxy groups -OCH3 is 1. The Morgan fingerprint density at radius 3 is 2.81 bits per heavy atom. The van der Waals surface area contributed by atoms with Crippen molar-refractivity contribution in [2.75, 3.05) is 18.6 Å². The van der Waals surface area contributed by atoms with Crippen molar-refractivity contribution in [1.82, 2.24) is 10.2 Å². The lowest BCUT2D eigenvalue weighted by molar-refractivity contribution is -0.131. The summed E-state index contributed by atoms with van der Waals surface area (Å²) in [6, 6.07) is 4.83. The summed E-state index contributed by atoms with van der Waals surface area (Å²) in [6.07, 6.45) is 3.35. The van der Waals surface area contributed by atoms with E-state index in [1.807, 2.05) is 19.1 Å². The largest absolute Gasteiger partial charge is 0.493 e. The maximum absolute atomic E-state index is 13.6. The summed E-state index contributed by atoms with van der Waals surface area (Å²) in [5.41, 5.74) is 2.72. The molecule has 1 aliphatic carbocycles. The van der Waals surface area contributed by atoms with Crippen LogP contribution < -0.4 is 14.4 Å². The third kappa shape index (κ3) is 3.18. The molecule has 0 radical (unpaired) electrons. The van der Waals surface area contributed by atoms with E-state index in [4.69, 9.17) is 14.2 Å². The molecule has 1 aromatic carbocycles. The van der Waals surface area contributed by atoms with E-state index in [0.29, 0.717) is 28.8 Å². The maximum Gasteiger partial charge on any atom is 0.296 e. The number of fused-ring (bicyclic) bond motifs is 1. The van der Waals surface area contributed by atoms with E-state index in [9.17, 15) is 9.59 Å². The lowest BCUT2D eigenvalue weighted by Crippen LogP contribution is -2.39. The Hall–Kier alpha value is -2.94. The van der Waals surface area contributed by atoms with Gasteiger partial charge in [-0.25, -0.2) is 0 Å². The van der Waals surface area contributed by atoms with Crippen LogP contribution in [0.5, 0.6) is 11.5 Å². The molecule has 162 valence electrons. The highest BCUT2D eigenvalue weighted by Gasteiger charge is 2.53. The molecule has 2 aliphatic heterocycles. The molecule has 1 saturated carbocycles. The first kappa shape index (κ1) is 20.0. The van der Waals surface area contributed by atoms with Crippen molar-refractivity contribution in [3.05, 3.63) is 40.6 Å². The SMILES string of the molecule is CCOc1ccc(C2C3=C(OC4CCCCC4C3=O)C(=O)N2c2nncs2)cc1OC. The normalized spacial score (nSPS) is 25.2. The Morgan fingerprint density at radius 2 is 2.06 bits per heavy atom. The van der Waals surface area contributed by atoms with Gasteiger partial charge in [-0.15, -0.1) is 10.2 Å². The number of hydrogen-bond acceptors (Lipinski definition) is 8. The molecule has 1 aromatic heterocycles. The second-order valence-corrected chi connectivity index (χ2v) is 8.61. The van der Waals surface area contributed by atoms with Crippen LogP contribution in [0.2, 0.25) is 0 Å². The van der Waals surface area contributed by atoms with Gasteiger partial charge in [0.05, 0.1) is 31.2 Å². The van der Waals surface area contributed by atoms with E-state index in [2.05, 4.69) is 10.2 Å². The van der Waals surface area contributed by atoms with Crippen LogP contribution in [0.25, 0.3) is 0 Å². The lowest BCUT2D eigenvalue weighted by Gasteiger charge is -2.35. The van der Waals surface area contributed by atoms with Gasteiger partial charge in [0.15, 0.2) is 23.0 Å². The van der Waals surface area contributed by atoms with Crippen LogP contribution in [0.15, 0.2) is 35.0 Å². The zero-order chi connectivity index (χ0) is 21.5. The number of Topliss-reactive ketones (excluding diaryl/α,β-unsaturated/α-hetero) is 1. The summed E-state index contributed by atoms with van der Waals surface area (Å²) in [6.45, 7) is 2.40. The molecule has 5 rings (SSSR count). The molecule has 0 saturated heterocycles. The van der Waals surface area contributed by atoms with Crippen LogP contribution in [-0.2, 0) is 14.3 Å². The van der Waals surface area contributed by atoms with E-state index < -0.39 is 6.04 Å². The van der Waals surface area contributed by atoms with Gasteiger partial charge < -0.3 is 14.2 Å². The molecule has 3 aliphatic rings. The molecule has 3 heterocycles. The van der Waals surface area contributed by atoms with Crippen molar-refractivity contribution in [2.24, 2.45) is 5.92 Å². The van der Waals surface area contributed by atoms with Crippen LogP contribution in [0, 0.1) is 5.92 Å². The number of carbonyl (C=O) groups excluding carboxylic acids is 2. The third-order valence-corrected chi connectivity index (χ3v) is 6.81. The molecule has 8 nitrogen and oxygen atoms in total. The number of benzene rings is 1. The van der Waals surface area contributed by atoms with E-state index in [-0.39, 0.29) is 29.5 Å². The summed E-state index contributed by atoms with van der Waals surface area (Å²) >= 11 is 1.25. The van der Waals surface area contributed by atoms with Gasteiger partial charge in [-0.1, -0.05) is 23.8 Å². The average Bonchev–Trinajstić information content (AvgIpc) is 3.41. The van der Waals surface area contributed by atoms with E-state index in [1.54, 1.807) is 18.7 Å². The maximum atomic E-state index is 13.6. The van der Waals surface area contributed by atoms with Gasteiger partial charge in [0.25, 0.3) is 5.91 Å². The predicted octanol–water partition coefficient (Wildman–Crippen LogP) is 3.45. The summed E-state index contributed by atoms with van der Waals surface area (Å²) in [5.74, 6) is 0.750. The molecule has 1 amide bonds. The topological polar surface area (TPSA) is 90.9 Å². The molecular formula is C22H23N3O5S. The molecule has 3 atom stereocenters. The minimum Gasteiger partial charge on any atom is -0.493 e. The van der Waals surface area contributed by atoms with Crippen molar-refractivity contribution in [1.29, 1.82) is 0 Å². The van der Waals surface area contributed by atoms with Crippen LogP contribution in [-0.4, -0.2) is 41.7 Å². The minimum absolute atomic E-state index is 0.00386. The molecule has 0 N–H and O–H groups in total. The van der Waals surface area contributed by atoms with Gasteiger partial charge >= 0.3 is 0 Å². The predicted molar refractivity (Wildman–Crippen MR) is 113 cm³/mol. The van der Waals surface area contributed by atoms with Crippen LogP contribution in [0.1, 0.15) is 44.2 Å². The second kappa shape index (κ2) is 7.96. The summed E-state index contributed by atoms with van der Waals surface area (Å²) < 4.78 is 17.3. The highest BCUT2D eigenvalue weighted by atomic mass is 32.1. The first-order valence-corrected chi connectivity index (χ1v) is 11.4. The van der Waals surface area contributed by atoms with Crippen LogP contribution in [0.3, 0.4) is 0 Å². The van der Waals surface area contributed by atoms with Gasteiger partial charge in [-0.2, -0.15) is 0 Å². The zero-order valence-electron chi connectivity index (χ0n) is 17.4. The van der Waals surface area contributed by atoms with E-state index in [0.717, 1.165) is 31.2 Å². The first-order valence-electron chi connectivity index (χ1n) is 10.5. The number of ketones is 1. The molecular weight excluding hydrogens is 418 g/mol. The highest BCUT2D eigenvalue weighted by molar-refractivity contribution is 7.13. The number of nitrogens with zero attached hydrogens (tertiary/aromatic N) is 3. The lowest BCUT2D eigenvalue weighted by atomic mass is 9.77. The number of rotatable bonds is 5. The molecule has 2 aromatic rings. The number of aromatic nitrogens is 2. The monoisotopic (exact) mass is 441 g/mol. The van der Waals surface area contributed by atoms with Crippen molar-refractivity contribution in [3.63, 3.8) is 0 Å². The Kier molecular flexibility index (Phi) is 5.13. The molecule has 0 bridgehead atoms. The summed E-state index contributed by atoms with van der Waals surface area (Å²) in [7, 11) is 1.57. The summed E-state index contributed by atoms with van der Waals surface area (Å²) in [4.78, 5) is 28.6. The van der Waals surface area contributed by atoms with Crippen molar-refractivity contribution in [2.45, 2.75) is 44.8 Å². The Labute approximate surface area is 183 Å². The molecule has 31 heavy (non-hydrogen) atoms. The van der Waals surface area contributed by atoms with Gasteiger partial charge in [0.2, 0.25) is 5.13 Å². The molecule has 0 spiro atoms. The highest BCUT2D eigenvalue weighted by Crippen LogP contribution is 2.49. The number of hydrogen-bond donors (Lipinski definition) is 0.